The molecule has 2 N–H and O–H groups in total. The molecule has 3 rings (SSSR count). The minimum atomic E-state index is 0. The molecule has 0 amide bonds. The molecule has 0 aliphatic carbocycles. The lowest BCUT2D eigenvalue weighted by molar-refractivity contribution is 0.126. The molecular weight excluding hydrogens is 311 g/mol. The van der Waals surface area contributed by atoms with Gasteiger partial charge in [-0.3, -0.25) is 4.90 Å². The third-order valence-electron chi connectivity index (χ3n) is 4.43. The number of hydrogen-bond acceptors (Lipinski definition) is 4. The van der Waals surface area contributed by atoms with Gasteiger partial charge in [0, 0.05) is 25.2 Å². The molecule has 2 aliphatic heterocycles. The van der Waals surface area contributed by atoms with Crippen molar-refractivity contribution in [1.82, 2.24) is 4.90 Å². The summed E-state index contributed by atoms with van der Waals surface area (Å²) in [6, 6.07) is 5.04. The average Bonchev–Trinajstić information content (AvgIpc) is 2.45. The third-order valence-corrected chi connectivity index (χ3v) is 4.43. The van der Waals surface area contributed by atoms with E-state index in [1.807, 2.05) is 0 Å². The molecular formula is C15H24Cl2N2O2. The molecule has 2 aliphatic rings. The topological polar surface area (TPSA) is 47.7 Å². The smallest absolute Gasteiger partial charge is 0.161 e. The van der Waals surface area contributed by atoms with Crippen molar-refractivity contribution < 1.29 is 9.47 Å². The van der Waals surface area contributed by atoms with Gasteiger partial charge in [-0.1, -0.05) is 0 Å². The predicted molar refractivity (Wildman–Crippen MR) is 89.3 cm³/mol. The summed E-state index contributed by atoms with van der Waals surface area (Å²) in [6.07, 6.45) is 3.24. The fourth-order valence-corrected chi connectivity index (χ4v) is 3.36. The van der Waals surface area contributed by atoms with Crippen molar-refractivity contribution in [2.45, 2.75) is 31.3 Å². The Morgan fingerprint density at radius 1 is 1.10 bits per heavy atom. The van der Waals surface area contributed by atoms with Crippen LogP contribution >= 0.6 is 24.8 Å². The lowest BCUT2D eigenvalue weighted by Gasteiger charge is -2.42. The zero-order valence-corrected chi connectivity index (χ0v) is 14.1. The van der Waals surface area contributed by atoms with E-state index in [1.165, 1.54) is 11.1 Å². The summed E-state index contributed by atoms with van der Waals surface area (Å²) in [5, 5.41) is 0. The molecule has 0 bridgehead atoms. The first-order valence-electron chi connectivity index (χ1n) is 6.97. The van der Waals surface area contributed by atoms with Crippen molar-refractivity contribution in [3.05, 3.63) is 23.3 Å². The van der Waals surface area contributed by atoms with Crippen molar-refractivity contribution in [1.29, 1.82) is 0 Å². The second kappa shape index (κ2) is 7.54. The normalized spacial score (nSPS) is 24.0. The van der Waals surface area contributed by atoms with E-state index in [0.717, 1.165) is 43.9 Å². The number of nitrogens with two attached hydrogens (primary N) is 1. The van der Waals surface area contributed by atoms with Gasteiger partial charge in [0.2, 0.25) is 0 Å². The van der Waals surface area contributed by atoms with Gasteiger partial charge in [0.15, 0.2) is 11.5 Å². The first-order valence-corrected chi connectivity index (χ1v) is 6.97. The number of benzene rings is 1. The van der Waals surface area contributed by atoms with Crippen LogP contribution < -0.4 is 15.2 Å². The summed E-state index contributed by atoms with van der Waals surface area (Å²) in [5.74, 6) is 1.65. The van der Waals surface area contributed by atoms with Gasteiger partial charge in [-0.15, -0.1) is 24.8 Å². The fourth-order valence-electron chi connectivity index (χ4n) is 3.36. The molecule has 0 radical (unpaired) electrons. The monoisotopic (exact) mass is 334 g/mol. The average molecular weight is 335 g/mol. The lowest BCUT2D eigenvalue weighted by Crippen LogP contribution is -2.45. The number of piperidine rings is 1. The van der Waals surface area contributed by atoms with Crippen molar-refractivity contribution in [2.75, 3.05) is 27.3 Å². The highest BCUT2D eigenvalue weighted by Gasteiger charge is 2.33. The number of nitrogens with zero attached hydrogens (tertiary/aromatic N) is 1. The molecule has 1 saturated heterocycles. The minimum absolute atomic E-state index is 0. The third kappa shape index (κ3) is 3.39. The molecule has 0 saturated carbocycles. The summed E-state index contributed by atoms with van der Waals surface area (Å²) in [7, 11) is 3.38. The van der Waals surface area contributed by atoms with Crippen molar-refractivity contribution in [3.63, 3.8) is 0 Å². The molecule has 6 heteroatoms. The maximum absolute atomic E-state index is 6.14. The van der Waals surface area contributed by atoms with E-state index in [1.54, 1.807) is 14.2 Å². The second-order valence-corrected chi connectivity index (χ2v) is 5.49. The van der Waals surface area contributed by atoms with Crippen LogP contribution in [-0.4, -0.2) is 38.3 Å². The summed E-state index contributed by atoms with van der Waals surface area (Å²) in [4.78, 5) is 2.55. The van der Waals surface area contributed by atoms with Crippen LogP contribution in [0.3, 0.4) is 0 Å². The zero-order chi connectivity index (χ0) is 13.4. The standard InChI is InChI=1S/C15H22N2O2.2ClH/c1-18-14-7-10-3-5-17-6-4-11(16)8-13(17)12(10)9-15(14)19-2;;/h7,9,11,13H,3-6,8,16H2,1-2H3;2*1H/t11-,13?;;/m0../s1. The highest BCUT2D eigenvalue weighted by molar-refractivity contribution is 5.85. The van der Waals surface area contributed by atoms with Crippen LogP contribution in [0.25, 0.3) is 0 Å². The molecule has 4 nitrogen and oxygen atoms in total. The van der Waals surface area contributed by atoms with Gasteiger partial charge >= 0.3 is 0 Å². The maximum Gasteiger partial charge on any atom is 0.161 e. The molecule has 2 heterocycles. The molecule has 1 fully saturated rings. The molecule has 0 spiro atoms. The number of fused-ring (bicyclic) bond motifs is 3. The largest absolute Gasteiger partial charge is 0.493 e. The Kier molecular flexibility index (Phi) is 6.60. The van der Waals surface area contributed by atoms with E-state index in [9.17, 15) is 0 Å². The first kappa shape index (κ1) is 18.4. The Morgan fingerprint density at radius 3 is 2.43 bits per heavy atom. The van der Waals surface area contributed by atoms with Crippen molar-refractivity contribution in [2.24, 2.45) is 5.73 Å². The van der Waals surface area contributed by atoms with Crippen LogP contribution in [-0.2, 0) is 6.42 Å². The van der Waals surface area contributed by atoms with E-state index in [0.29, 0.717) is 12.1 Å². The van der Waals surface area contributed by atoms with Crippen LogP contribution in [0.2, 0.25) is 0 Å². The van der Waals surface area contributed by atoms with Gasteiger partial charge in [0.05, 0.1) is 14.2 Å². The van der Waals surface area contributed by atoms with Gasteiger partial charge in [-0.25, -0.2) is 0 Å². The van der Waals surface area contributed by atoms with Crippen LogP contribution in [0.1, 0.15) is 30.0 Å². The number of methoxy groups -OCH3 is 2. The van der Waals surface area contributed by atoms with Crippen molar-refractivity contribution >= 4 is 24.8 Å². The zero-order valence-electron chi connectivity index (χ0n) is 12.5. The van der Waals surface area contributed by atoms with Gasteiger partial charge < -0.3 is 15.2 Å². The summed E-state index contributed by atoms with van der Waals surface area (Å²) < 4.78 is 10.8. The molecule has 1 aromatic rings. The fraction of sp³-hybridized carbons (Fsp3) is 0.600. The Hall–Kier alpha value is -0.680. The number of rotatable bonds is 2. The SMILES string of the molecule is COc1cc2c(cc1OC)C1C[C@@H](N)CCN1CC2.Cl.Cl. The molecule has 0 aromatic heterocycles. The van der Waals surface area contributed by atoms with E-state index in [2.05, 4.69) is 17.0 Å². The highest BCUT2D eigenvalue weighted by atomic mass is 35.5. The summed E-state index contributed by atoms with van der Waals surface area (Å²) in [5.41, 5.74) is 8.90. The number of hydrogen-bond donors (Lipinski definition) is 1. The minimum Gasteiger partial charge on any atom is -0.493 e. The molecule has 21 heavy (non-hydrogen) atoms. The lowest BCUT2D eigenvalue weighted by atomic mass is 9.85. The van der Waals surface area contributed by atoms with Crippen LogP contribution in [0.15, 0.2) is 12.1 Å². The van der Waals surface area contributed by atoms with E-state index >= 15 is 0 Å². The van der Waals surface area contributed by atoms with Gasteiger partial charge in [-0.2, -0.15) is 0 Å². The molecule has 2 atom stereocenters. The predicted octanol–water partition coefficient (Wildman–Crippen LogP) is 2.57. The maximum atomic E-state index is 6.14. The number of ether oxygens (including phenoxy) is 2. The van der Waals surface area contributed by atoms with Crippen molar-refractivity contribution in [3.8, 4) is 11.5 Å². The number of halogens is 2. The van der Waals surface area contributed by atoms with Gasteiger partial charge in [-0.05, 0) is 42.5 Å². The van der Waals surface area contributed by atoms with E-state index in [4.69, 9.17) is 15.2 Å². The summed E-state index contributed by atoms with van der Waals surface area (Å²) >= 11 is 0. The molecule has 120 valence electrons. The highest BCUT2D eigenvalue weighted by Crippen LogP contribution is 2.41. The van der Waals surface area contributed by atoms with Crippen LogP contribution in [0.5, 0.6) is 11.5 Å². The molecule has 1 unspecified atom stereocenters. The Labute approximate surface area is 138 Å². The van der Waals surface area contributed by atoms with E-state index < -0.39 is 0 Å². The van der Waals surface area contributed by atoms with Gasteiger partial charge in [0.25, 0.3) is 0 Å². The molecule has 1 aromatic carbocycles. The Morgan fingerprint density at radius 2 is 1.76 bits per heavy atom. The Bertz CT molecular complexity index is 485. The van der Waals surface area contributed by atoms with E-state index in [-0.39, 0.29) is 24.8 Å². The second-order valence-electron chi connectivity index (χ2n) is 5.49. The Balaban J connectivity index is 0.00000110. The van der Waals surface area contributed by atoms with Gasteiger partial charge in [0.1, 0.15) is 0 Å². The quantitative estimate of drug-likeness (QED) is 0.902. The van der Waals surface area contributed by atoms with Crippen LogP contribution in [0, 0.1) is 0 Å². The summed E-state index contributed by atoms with van der Waals surface area (Å²) in [6.45, 7) is 2.24. The van der Waals surface area contributed by atoms with Crippen LogP contribution in [0.4, 0.5) is 0 Å². The first-order chi connectivity index (χ1) is 9.22.